The number of ether oxygens (including phenoxy) is 3. The second-order valence-corrected chi connectivity index (χ2v) is 6.39. The number of anilines is 1. The summed E-state index contributed by atoms with van der Waals surface area (Å²) in [6.07, 6.45) is 0.637. The van der Waals surface area contributed by atoms with E-state index in [0.29, 0.717) is 5.76 Å². The number of hydrogen-bond donors (Lipinski definition) is 3. The molecule has 10 heteroatoms. The zero-order valence-electron chi connectivity index (χ0n) is 14.1. The average molecular weight is 355 g/mol. The molecule has 3 N–H and O–H groups in total. The van der Waals surface area contributed by atoms with Crippen molar-refractivity contribution in [3.05, 3.63) is 34.6 Å². The van der Waals surface area contributed by atoms with E-state index in [9.17, 15) is 14.7 Å². The van der Waals surface area contributed by atoms with Crippen molar-refractivity contribution in [2.45, 2.75) is 33.1 Å². The second-order valence-electron chi connectivity index (χ2n) is 6.39. The van der Waals surface area contributed by atoms with Crippen molar-refractivity contribution < 1.29 is 29.3 Å². The Bertz CT molecular complexity index is 708. The molecule has 1 unspecified atom stereocenters. The van der Waals surface area contributed by atoms with Gasteiger partial charge in [-0.15, -0.1) is 0 Å². The normalized spacial score (nSPS) is 20.0. The highest BCUT2D eigenvalue weighted by atomic mass is 16.7. The van der Waals surface area contributed by atoms with Gasteiger partial charge in [0.1, 0.15) is 18.5 Å². The molecule has 0 saturated heterocycles. The third-order valence-corrected chi connectivity index (χ3v) is 3.27. The molecule has 10 nitrogen and oxygen atoms in total. The number of aliphatic hydroxyl groups excluding tert-OH is 1. The predicted octanol–water partition coefficient (Wildman–Crippen LogP) is 0.381. The van der Waals surface area contributed by atoms with Gasteiger partial charge in [-0.3, -0.25) is 20.0 Å². The Morgan fingerprint density at radius 2 is 2.20 bits per heavy atom. The Balaban J connectivity index is 1.87. The molecule has 2 heterocycles. The van der Waals surface area contributed by atoms with E-state index in [1.165, 1.54) is 18.3 Å². The van der Waals surface area contributed by atoms with Crippen molar-refractivity contribution in [3.8, 4) is 0 Å². The van der Waals surface area contributed by atoms with Gasteiger partial charge < -0.3 is 19.3 Å². The van der Waals surface area contributed by atoms with Gasteiger partial charge in [-0.25, -0.2) is 4.79 Å². The van der Waals surface area contributed by atoms with Gasteiger partial charge in [-0.05, 0) is 32.9 Å². The zero-order chi connectivity index (χ0) is 18.6. The molecule has 138 valence electrons. The first kappa shape index (κ1) is 18.9. The van der Waals surface area contributed by atoms with Gasteiger partial charge in [0.2, 0.25) is 6.23 Å². The lowest BCUT2D eigenvalue weighted by atomic mass is 9.98. The molecule has 0 fully saturated rings. The van der Waals surface area contributed by atoms with E-state index < -0.39 is 29.4 Å². The summed E-state index contributed by atoms with van der Waals surface area (Å²) in [5.74, 6) is -0.131. The zero-order valence-corrected chi connectivity index (χ0v) is 14.1. The first-order chi connectivity index (χ1) is 11.7. The summed E-state index contributed by atoms with van der Waals surface area (Å²) in [5, 5.41) is 18.7. The molecule has 0 bridgehead atoms. The van der Waals surface area contributed by atoms with E-state index in [-0.39, 0.29) is 19.2 Å². The second kappa shape index (κ2) is 7.64. The monoisotopic (exact) mass is 355 g/mol. The molecule has 0 aliphatic carbocycles. The fraction of sp³-hybridized carbons (Fsp3) is 0.533. The molecule has 0 radical (unpaired) electrons. The van der Waals surface area contributed by atoms with Gasteiger partial charge in [0.05, 0.1) is 5.41 Å². The van der Waals surface area contributed by atoms with Gasteiger partial charge in [0.25, 0.3) is 0 Å². The molecule has 2 rings (SSSR count). The third kappa shape index (κ3) is 4.78. The Morgan fingerprint density at radius 1 is 1.48 bits per heavy atom. The maximum Gasteiger partial charge on any atom is 0.352 e. The van der Waals surface area contributed by atoms with Crippen LogP contribution in [-0.2, 0) is 19.0 Å². The van der Waals surface area contributed by atoms with E-state index in [0.717, 1.165) is 4.57 Å². The summed E-state index contributed by atoms with van der Waals surface area (Å²) < 4.78 is 16.7. The van der Waals surface area contributed by atoms with Crippen LogP contribution in [0.15, 0.2) is 28.9 Å². The molecule has 0 saturated carbocycles. The number of esters is 1. The van der Waals surface area contributed by atoms with Crippen molar-refractivity contribution in [1.29, 1.82) is 0 Å². The lowest BCUT2D eigenvalue weighted by Gasteiger charge is -2.19. The van der Waals surface area contributed by atoms with Crippen molar-refractivity contribution >= 4 is 11.8 Å². The Hall–Kier alpha value is -2.43. The lowest BCUT2D eigenvalue weighted by Crippen LogP contribution is -2.32. The predicted molar refractivity (Wildman–Crippen MR) is 84.5 cm³/mol. The van der Waals surface area contributed by atoms with E-state index in [4.69, 9.17) is 19.4 Å². The number of carbonyl (C=O) groups is 1. The molecule has 0 aromatic carbocycles. The van der Waals surface area contributed by atoms with E-state index >= 15 is 0 Å². The van der Waals surface area contributed by atoms with Crippen molar-refractivity contribution in [2.24, 2.45) is 5.41 Å². The number of aromatic nitrogens is 2. The molecule has 2 atom stereocenters. The van der Waals surface area contributed by atoms with Crippen molar-refractivity contribution in [1.82, 2.24) is 9.55 Å². The molecule has 1 aromatic rings. The minimum atomic E-state index is -1.08. The van der Waals surface area contributed by atoms with Crippen molar-refractivity contribution in [2.75, 3.05) is 18.9 Å². The summed E-state index contributed by atoms with van der Waals surface area (Å²) in [5.41, 5.74) is 0.419. The van der Waals surface area contributed by atoms with Gasteiger partial charge in [0.15, 0.2) is 12.6 Å². The minimum absolute atomic E-state index is 0.0223. The quantitative estimate of drug-likeness (QED) is 0.287. The molecular weight excluding hydrogens is 334 g/mol. The van der Waals surface area contributed by atoms with E-state index in [1.807, 2.05) is 0 Å². The number of rotatable bonds is 6. The average Bonchev–Trinajstić information content (AvgIpc) is 2.90. The first-order valence-corrected chi connectivity index (χ1v) is 7.52. The van der Waals surface area contributed by atoms with Crippen LogP contribution in [0.3, 0.4) is 0 Å². The molecule has 1 aliphatic heterocycles. The van der Waals surface area contributed by atoms with Gasteiger partial charge in [-0.1, -0.05) is 0 Å². The van der Waals surface area contributed by atoms with Crippen LogP contribution in [0.25, 0.3) is 0 Å². The highest BCUT2D eigenvalue weighted by Gasteiger charge is 2.30. The van der Waals surface area contributed by atoms with Crippen LogP contribution in [0.1, 0.15) is 27.0 Å². The maximum absolute atomic E-state index is 11.9. The summed E-state index contributed by atoms with van der Waals surface area (Å²) in [7, 11) is 0. The maximum atomic E-state index is 11.9. The fourth-order valence-corrected chi connectivity index (χ4v) is 1.96. The lowest BCUT2D eigenvalue weighted by molar-refractivity contribution is -0.165. The van der Waals surface area contributed by atoms with Crippen LogP contribution in [0.2, 0.25) is 0 Å². The molecular formula is C15H21N3O7. The summed E-state index contributed by atoms with van der Waals surface area (Å²) >= 11 is 0. The summed E-state index contributed by atoms with van der Waals surface area (Å²) in [6, 6.07) is 1.35. The standard InChI is InChI=1S/C15H21N3O7/c1-15(2,3)13(20)24-8-23-7-9-6-10(19)12(25-9)18-5-4-11(17-22)16-14(18)21/h4-6,10,12,19,22H,7-8H2,1-3H3,(H,16,17,21)/t10-,12?/m1/s1. The number of carbonyl (C=O) groups excluding carboxylic acids is 1. The highest BCUT2D eigenvalue weighted by Crippen LogP contribution is 2.25. The van der Waals surface area contributed by atoms with Crippen LogP contribution in [0.4, 0.5) is 5.82 Å². The summed E-state index contributed by atoms with van der Waals surface area (Å²) in [6.45, 7) is 4.88. The topological polar surface area (TPSA) is 132 Å². The van der Waals surface area contributed by atoms with Crippen LogP contribution in [0, 0.1) is 5.41 Å². The molecule has 1 aliphatic rings. The summed E-state index contributed by atoms with van der Waals surface area (Å²) in [4.78, 5) is 27.0. The smallest absolute Gasteiger partial charge is 0.352 e. The van der Waals surface area contributed by atoms with Crippen LogP contribution in [-0.4, -0.2) is 45.3 Å². The van der Waals surface area contributed by atoms with Gasteiger partial charge >= 0.3 is 11.7 Å². The fourth-order valence-electron chi connectivity index (χ4n) is 1.96. The number of nitrogens with one attached hydrogen (secondary N) is 1. The Kier molecular flexibility index (Phi) is 5.77. The van der Waals surface area contributed by atoms with E-state index in [1.54, 1.807) is 26.3 Å². The number of hydrogen-bond acceptors (Lipinski definition) is 9. The van der Waals surface area contributed by atoms with E-state index in [2.05, 4.69) is 4.98 Å². The number of aliphatic hydroxyl groups is 1. The molecule has 25 heavy (non-hydrogen) atoms. The van der Waals surface area contributed by atoms with Gasteiger partial charge in [-0.2, -0.15) is 4.98 Å². The SMILES string of the molecule is CC(C)(C)C(=O)OCOCC1=C[C@@H](O)C(n2ccc(NO)nc2=O)O1. The molecule has 1 aromatic heterocycles. The van der Waals surface area contributed by atoms with Crippen molar-refractivity contribution in [3.63, 3.8) is 0 Å². The van der Waals surface area contributed by atoms with Crippen LogP contribution < -0.4 is 11.2 Å². The minimum Gasteiger partial charge on any atom is -0.469 e. The first-order valence-electron chi connectivity index (χ1n) is 7.52. The molecule has 0 amide bonds. The Labute approximate surface area is 143 Å². The van der Waals surface area contributed by atoms with Gasteiger partial charge in [0, 0.05) is 6.20 Å². The highest BCUT2D eigenvalue weighted by molar-refractivity contribution is 5.75. The molecule has 0 spiro atoms. The number of nitrogens with zero attached hydrogens (tertiary/aromatic N) is 2. The Morgan fingerprint density at radius 3 is 2.80 bits per heavy atom. The van der Waals surface area contributed by atoms with Crippen LogP contribution in [0.5, 0.6) is 0 Å². The van der Waals surface area contributed by atoms with Crippen LogP contribution >= 0.6 is 0 Å². The largest absolute Gasteiger partial charge is 0.469 e. The third-order valence-electron chi connectivity index (χ3n) is 3.27.